The molecule has 1 fully saturated rings. The van der Waals surface area contributed by atoms with Gasteiger partial charge in [0.1, 0.15) is 5.69 Å². The third kappa shape index (κ3) is 4.78. The van der Waals surface area contributed by atoms with Crippen molar-refractivity contribution in [2.24, 2.45) is 0 Å². The fourth-order valence-corrected chi connectivity index (χ4v) is 4.02. The largest absolute Gasteiger partial charge is 0.463 e. The van der Waals surface area contributed by atoms with Gasteiger partial charge >= 0.3 is 5.97 Å². The van der Waals surface area contributed by atoms with Crippen LogP contribution in [0.15, 0.2) is 35.1 Å². The van der Waals surface area contributed by atoms with Crippen molar-refractivity contribution >= 4 is 22.9 Å². The van der Waals surface area contributed by atoms with E-state index in [9.17, 15) is 9.59 Å². The molecular formula is C23H28N4O4. The van der Waals surface area contributed by atoms with Gasteiger partial charge in [0.05, 0.1) is 23.4 Å². The lowest BCUT2D eigenvalue weighted by Crippen LogP contribution is -2.37. The van der Waals surface area contributed by atoms with Crippen molar-refractivity contribution in [2.45, 2.75) is 64.5 Å². The molecule has 0 spiro atoms. The molecule has 0 aliphatic heterocycles. The fourth-order valence-electron chi connectivity index (χ4n) is 4.02. The lowest BCUT2D eigenvalue weighted by atomic mass is 10.1. The van der Waals surface area contributed by atoms with Crippen LogP contribution in [-0.2, 0) is 9.53 Å². The van der Waals surface area contributed by atoms with Gasteiger partial charge in [-0.05, 0) is 44.9 Å². The molecule has 8 nitrogen and oxygen atoms in total. The molecule has 164 valence electrons. The van der Waals surface area contributed by atoms with Gasteiger partial charge in [0, 0.05) is 12.1 Å². The number of furan rings is 1. The molecule has 0 aromatic carbocycles. The Balaban J connectivity index is 1.53. The van der Waals surface area contributed by atoms with Crippen LogP contribution in [0.25, 0.3) is 22.5 Å². The van der Waals surface area contributed by atoms with E-state index in [0.29, 0.717) is 28.1 Å². The third-order valence-electron chi connectivity index (χ3n) is 5.60. The lowest BCUT2D eigenvalue weighted by Gasteiger charge is -2.16. The molecule has 1 saturated carbocycles. The van der Waals surface area contributed by atoms with E-state index in [-0.39, 0.29) is 24.6 Å². The number of hydrogen-bond donors (Lipinski definition) is 1. The number of rotatable bonds is 6. The number of esters is 1. The molecule has 1 amide bonds. The number of pyridine rings is 1. The van der Waals surface area contributed by atoms with Crippen LogP contribution in [0, 0.1) is 0 Å². The quantitative estimate of drug-likeness (QED) is 0.469. The zero-order valence-corrected chi connectivity index (χ0v) is 18.0. The average molecular weight is 425 g/mol. The summed E-state index contributed by atoms with van der Waals surface area (Å²) in [7, 11) is 0. The smallest absolute Gasteiger partial charge is 0.339 e. The minimum Gasteiger partial charge on any atom is -0.463 e. The molecular weight excluding hydrogens is 396 g/mol. The van der Waals surface area contributed by atoms with Crippen LogP contribution < -0.4 is 5.32 Å². The van der Waals surface area contributed by atoms with Gasteiger partial charge in [-0.3, -0.25) is 4.79 Å². The molecule has 0 unspecified atom stereocenters. The average Bonchev–Trinajstić information content (AvgIpc) is 3.37. The van der Waals surface area contributed by atoms with Crippen molar-refractivity contribution < 1.29 is 18.7 Å². The van der Waals surface area contributed by atoms with Crippen LogP contribution in [0.4, 0.5) is 0 Å². The van der Waals surface area contributed by atoms with E-state index in [2.05, 4.69) is 15.4 Å². The molecule has 1 aliphatic rings. The monoisotopic (exact) mass is 424 g/mol. The number of carbonyl (C=O) groups excluding carboxylic acids is 2. The topological polar surface area (TPSA) is 99.2 Å². The molecule has 3 aromatic rings. The molecule has 4 rings (SSSR count). The highest BCUT2D eigenvalue weighted by atomic mass is 16.5. The SMILES string of the molecule is CC(C)n1ncc2c(C(=O)OCC(=O)NC3CCCCCC3)cc(-c3ccco3)nc21. The van der Waals surface area contributed by atoms with Gasteiger partial charge in [0.15, 0.2) is 18.0 Å². The molecule has 0 radical (unpaired) electrons. The molecule has 1 N–H and O–H groups in total. The lowest BCUT2D eigenvalue weighted by molar-refractivity contribution is -0.125. The van der Waals surface area contributed by atoms with Crippen molar-refractivity contribution in [3.63, 3.8) is 0 Å². The Morgan fingerprint density at radius 2 is 2.03 bits per heavy atom. The first kappa shape index (κ1) is 21.1. The zero-order chi connectivity index (χ0) is 21.8. The first-order valence-electron chi connectivity index (χ1n) is 10.9. The summed E-state index contributed by atoms with van der Waals surface area (Å²) < 4.78 is 12.6. The van der Waals surface area contributed by atoms with Crippen molar-refractivity contribution in [1.29, 1.82) is 0 Å². The van der Waals surface area contributed by atoms with Crippen LogP contribution >= 0.6 is 0 Å². The zero-order valence-electron chi connectivity index (χ0n) is 18.0. The highest BCUT2D eigenvalue weighted by Crippen LogP contribution is 2.27. The number of ether oxygens (including phenoxy) is 1. The highest BCUT2D eigenvalue weighted by molar-refractivity contribution is 6.04. The Hall–Kier alpha value is -3.16. The summed E-state index contributed by atoms with van der Waals surface area (Å²) in [4.78, 5) is 29.9. The first-order chi connectivity index (χ1) is 15.0. The van der Waals surface area contributed by atoms with Gasteiger partial charge < -0.3 is 14.5 Å². The van der Waals surface area contributed by atoms with Crippen LogP contribution in [0.3, 0.4) is 0 Å². The van der Waals surface area contributed by atoms with Gasteiger partial charge in [0.25, 0.3) is 5.91 Å². The summed E-state index contributed by atoms with van der Waals surface area (Å²) in [6.07, 6.45) is 9.78. The summed E-state index contributed by atoms with van der Waals surface area (Å²) in [5.74, 6) is -0.312. The minimum absolute atomic E-state index is 0.0612. The minimum atomic E-state index is -0.584. The second-order valence-electron chi connectivity index (χ2n) is 8.28. The second-order valence-corrected chi connectivity index (χ2v) is 8.28. The van der Waals surface area contributed by atoms with E-state index >= 15 is 0 Å². The van der Waals surface area contributed by atoms with Crippen molar-refractivity contribution in [2.75, 3.05) is 6.61 Å². The second kappa shape index (κ2) is 9.32. The Morgan fingerprint density at radius 3 is 2.71 bits per heavy atom. The molecule has 8 heteroatoms. The number of fused-ring (bicyclic) bond motifs is 1. The maximum absolute atomic E-state index is 12.9. The van der Waals surface area contributed by atoms with Crippen LogP contribution in [0.2, 0.25) is 0 Å². The summed E-state index contributed by atoms with van der Waals surface area (Å²) in [5, 5.41) is 7.96. The van der Waals surface area contributed by atoms with E-state index in [1.54, 1.807) is 35.3 Å². The standard InChI is InChI=1S/C23H28N4O4/c1-15(2)27-22-18(13-24-27)17(12-19(26-22)20-10-7-11-30-20)23(29)31-14-21(28)25-16-8-5-3-4-6-9-16/h7,10-13,15-16H,3-6,8-9,14H2,1-2H3,(H,25,28). The summed E-state index contributed by atoms with van der Waals surface area (Å²) in [6.45, 7) is 3.67. The summed E-state index contributed by atoms with van der Waals surface area (Å²) in [5.41, 5.74) is 1.39. The van der Waals surface area contributed by atoms with E-state index in [4.69, 9.17) is 9.15 Å². The molecule has 3 heterocycles. The predicted octanol–water partition coefficient (Wildman–Crippen LogP) is 4.27. The van der Waals surface area contributed by atoms with E-state index in [0.717, 1.165) is 25.7 Å². The van der Waals surface area contributed by atoms with Crippen LogP contribution in [0.1, 0.15) is 68.8 Å². The van der Waals surface area contributed by atoms with Crippen LogP contribution in [-0.4, -0.2) is 39.3 Å². The first-order valence-corrected chi connectivity index (χ1v) is 10.9. The third-order valence-corrected chi connectivity index (χ3v) is 5.60. The number of aromatic nitrogens is 3. The van der Waals surface area contributed by atoms with E-state index < -0.39 is 5.97 Å². The van der Waals surface area contributed by atoms with Gasteiger partial charge in [-0.2, -0.15) is 5.10 Å². The maximum Gasteiger partial charge on any atom is 0.339 e. The number of amides is 1. The van der Waals surface area contributed by atoms with Crippen molar-refractivity contribution in [3.05, 3.63) is 36.2 Å². The molecule has 3 aromatic heterocycles. The fraction of sp³-hybridized carbons (Fsp3) is 0.478. The van der Waals surface area contributed by atoms with Gasteiger partial charge in [-0.15, -0.1) is 0 Å². The Bertz CT molecular complexity index is 1050. The molecule has 0 saturated heterocycles. The van der Waals surface area contributed by atoms with Crippen LogP contribution in [0.5, 0.6) is 0 Å². The van der Waals surface area contributed by atoms with Gasteiger partial charge in [0.2, 0.25) is 0 Å². The molecule has 0 bridgehead atoms. The Labute approximate surface area is 181 Å². The Morgan fingerprint density at radius 1 is 1.26 bits per heavy atom. The molecule has 1 aliphatic carbocycles. The highest BCUT2D eigenvalue weighted by Gasteiger charge is 2.22. The number of hydrogen-bond acceptors (Lipinski definition) is 6. The predicted molar refractivity (Wildman–Crippen MR) is 116 cm³/mol. The van der Waals surface area contributed by atoms with Crippen molar-refractivity contribution in [3.8, 4) is 11.5 Å². The number of carbonyl (C=O) groups is 2. The maximum atomic E-state index is 12.9. The van der Waals surface area contributed by atoms with Crippen molar-refractivity contribution in [1.82, 2.24) is 20.1 Å². The number of nitrogens with one attached hydrogen (secondary N) is 1. The van der Waals surface area contributed by atoms with E-state index in [1.807, 2.05) is 13.8 Å². The Kier molecular flexibility index (Phi) is 6.34. The normalized spacial score (nSPS) is 15.2. The van der Waals surface area contributed by atoms with Gasteiger partial charge in [-0.25, -0.2) is 14.5 Å². The summed E-state index contributed by atoms with van der Waals surface area (Å²) in [6, 6.07) is 5.39. The number of nitrogens with zero attached hydrogens (tertiary/aromatic N) is 3. The summed E-state index contributed by atoms with van der Waals surface area (Å²) >= 11 is 0. The molecule has 31 heavy (non-hydrogen) atoms. The van der Waals surface area contributed by atoms with Gasteiger partial charge in [-0.1, -0.05) is 25.7 Å². The van der Waals surface area contributed by atoms with E-state index in [1.165, 1.54) is 12.8 Å². The molecule has 0 atom stereocenters.